The number of hydrogen-bond acceptors (Lipinski definition) is 2. The van der Waals surface area contributed by atoms with Crippen LogP contribution in [0.1, 0.15) is 128 Å². The zero-order chi connectivity index (χ0) is 74.0. The molecule has 0 aromatic heterocycles. The predicted molar refractivity (Wildman–Crippen MR) is 328 cm³/mol. The van der Waals surface area contributed by atoms with Gasteiger partial charge in [-0.05, 0) is 53.4 Å². The first-order chi connectivity index (χ1) is 46.7. The molecule has 4 nitrogen and oxygen atoms in total. The van der Waals surface area contributed by atoms with Crippen molar-refractivity contribution in [2.45, 2.75) is 99.8 Å². The monoisotopic (exact) mass is 1440 g/mol. The molecule has 0 bridgehead atoms. The zero-order valence-electron chi connectivity index (χ0n) is 52.2. The lowest BCUT2D eigenvalue weighted by molar-refractivity contribution is -0.503. The Hall–Kier alpha value is -9.70. The third-order valence-electron chi connectivity index (χ3n) is 17.3. The van der Waals surface area contributed by atoms with E-state index in [4.69, 9.17) is 0 Å². The average molecular weight is 1440 g/mol. The van der Waals surface area contributed by atoms with Crippen molar-refractivity contribution in [1.29, 1.82) is 0 Å². The number of hydrogen-bond donors (Lipinski definition) is 4. The summed E-state index contributed by atoms with van der Waals surface area (Å²) in [5, 5.41) is 7.79. The SMILES string of the molecule is CC(C)(C)c1cc(C2=[NH+][C@H](c3ccccc3)[C@@H](c3ccccc3)N2)cc(C2=[NH+][C@H](c3ccccc3)[C@@H](c3ccccc3)N2)c1.FC(F)(F)c1cc([B-](c2cc(C(F)(F)F)cc(C(F)(F)F)c2)(c2cc(C(F)(F)F)cc(C(F)(F)F)c2)c2cc(C(F)(F)F)cc(C(F)(F)F)c2)cc(C(F)(F)F)c1. The summed E-state index contributed by atoms with van der Waals surface area (Å²) >= 11 is 0. The Morgan fingerprint density at radius 1 is 0.257 bits per heavy atom. The molecule has 4 atom stereocenters. The molecule has 4 N–H and O–H groups in total. The predicted octanol–water partition coefficient (Wildman–Crippen LogP) is 16.0. The fourth-order valence-corrected chi connectivity index (χ4v) is 12.5. The van der Waals surface area contributed by atoms with Crippen LogP contribution in [0.15, 0.2) is 212 Å². The lowest BCUT2D eigenvalue weighted by atomic mass is 9.12. The van der Waals surface area contributed by atoms with Crippen LogP contribution < -0.4 is 42.5 Å². The van der Waals surface area contributed by atoms with Crippen molar-refractivity contribution >= 4 is 39.7 Å². The van der Waals surface area contributed by atoms with E-state index in [9.17, 15) is 105 Å². The van der Waals surface area contributed by atoms with Crippen molar-refractivity contribution in [3.05, 3.63) is 296 Å². The number of benzene rings is 9. The van der Waals surface area contributed by atoms with E-state index >= 15 is 0 Å². The molecule has 0 saturated carbocycles. The summed E-state index contributed by atoms with van der Waals surface area (Å²) < 4.78 is 341. The number of rotatable bonds is 10. The molecular weight excluding hydrogens is 1390 g/mol. The molecule has 2 aliphatic rings. The molecule has 0 radical (unpaired) electrons. The molecule has 9 aromatic carbocycles. The van der Waals surface area contributed by atoms with Crippen LogP contribution in [-0.4, -0.2) is 17.8 Å². The van der Waals surface area contributed by atoms with E-state index in [0.29, 0.717) is 0 Å². The van der Waals surface area contributed by atoms with E-state index in [-0.39, 0.29) is 29.6 Å². The van der Waals surface area contributed by atoms with Gasteiger partial charge in [0.15, 0.2) is 24.2 Å². The molecule has 9 aromatic rings. The second-order valence-corrected chi connectivity index (χ2v) is 25.2. The topological polar surface area (TPSA) is 52.0 Å². The van der Waals surface area contributed by atoms with Crippen molar-refractivity contribution < 1.29 is 115 Å². The number of alkyl halides is 24. The van der Waals surface area contributed by atoms with Gasteiger partial charge in [0, 0.05) is 22.3 Å². The zero-order valence-corrected chi connectivity index (χ0v) is 52.2. The summed E-state index contributed by atoms with van der Waals surface area (Å²) in [5.74, 6) is 2.11. The second kappa shape index (κ2) is 26.7. The third kappa shape index (κ3) is 16.2. The first kappa shape index (κ1) is 74.0. The Kier molecular flexibility index (Phi) is 19.5. The number of amidine groups is 2. The molecular formula is C72H52BF24N4+. The molecule has 530 valence electrons. The Balaban J connectivity index is 0.000000224. The van der Waals surface area contributed by atoms with Gasteiger partial charge in [0.05, 0.1) is 55.6 Å². The van der Waals surface area contributed by atoms with Crippen molar-refractivity contribution in [2.75, 3.05) is 0 Å². The molecule has 2 aliphatic heterocycles. The fraction of sp³-hybridized carbons (Fsp3) is 0.222. The van der Waals surface area contributed by atoms with Gasteiger partial charge in [-0.3, -0.25) is 20.6 Å². The lowest BCUT2D eigenvalue weighted by Gasteiger charge is -2.46. The molecule has 2 heterocycles. The third-order valence-corrected chi connectivity index (χ3v) is 17.3. The van der Waals surface area contributed by atoms with Crippen LogP contribution in [0.4, 0.5) is 105 Å². The maximum Gasteiger partial charge on any atom is 0.416 e. The highest BCUT2D eigenvalue weighted by Crippen LogP contribution is 2.43. The molecule has 0 unspecified atom stereocenters. The minimum Gasteiger partial charge on any atom is -0.263 e. The largest absolute Gasteiger partial charge is 0.416 e. The first-order valence-electron chi connectivity index (χ1n) is 30.2. The number of halogens is 24. The van der Waals surface area contributed by atoms with Crippen LogP contribution in [0.5, 0.6) is 0 Å². The van der Waals surface area contributed by atoms with Crippen molar-refractivity contribution in [3.8, 4) is 0 Å². The highest BCUT2D eigenvalue weighted by molar-refractivity contribution is 7.20. The van der Waals surface area contributed by atoms with Gasteiger partial charge in [-0.25, -0.2) is 0 Å². The summed E-state index contributed by atoms with van der Waals surface area (Å²) in [4.78, 5) is 7.79. The summed E-state index contributed by atoms with van der Waals surface area (Å²) in [6.45, 7) is 6.86. The first-order valence-corrected chi connectivity index (χ1v) is 30.2. The molecule has 0 amide bonds. The maximum atomic E-state index is 14.2. The van der Waals surface area contributed by atoms with E-state index in [2.05, 4.69) is 181 Å². The molecule has 29 heteroatoms. The quantitative estimate of drug-likeness (QED) is 0.0815. The van der Waals surface area contributed by atoms with Crippen LogP contribution in [-0.2, 0) is 54.8 Å². The van der Waals surface area contributed by atoms with Gasteiger partial charge < -0.3 is 0 Å². The highest BCUT2D eigenvalue weighted by Gasteiger charge is 2.49. The van der Waals surface area contributed by atoms with Gasteiger partial charge >= 0.3 is 49.4 Å². The molecule has 0 aliphatic carbocycles. The highest BCUT2D eigenvalue weighted by atomic mass is 19.4. The number of nitrogens with one attached hydrogen (secondary N) is 4. The standard InChI is InChI=1S/C40H38N4.C32H12BF24/c1-40(2,3)33-25-31(38-41-34(27-16-8-4-9-17-27)35(42-38)28-18-10-5-11-19-28)24-32(26-33)39-43-36(29-20-12-6-13-21-29)37(44-39)30-22-14-7-15-23-30;34-25(35,36)13-1-14(26(37,38)39)6-21(5-13)33(22-7-15(27(40,41)42)2-16(8-22)28(43,44)45,23-9-17(29(46,47)48)3-18(10-23)30(49,50)51)24-11-19(31(52,53)54)4-20(12-24)32(55,56)57/h4-26,34-37H,1-3H3,(H,41,42)(H,43,44);1-12H/q;-1/p+2/t34-,35-,36-,37-;/m1./s1. The van der Waals surface area contributed by atoms with E-state index in [1.807, 2.05) is 0 Å². The van der Waals surface area contributed by atoms with Crippen LogP contribution >= 0.6 is 0 Å². The maximum absolute atomic E-state index is 14.2. The fourth-order valence-electron chi connectivity index (χ4n) is 12.5. The summed E-state index contributed by atoms with van der Waals surface area (Å²) in [7, 11) is 0. The molecule has 0 fully saturated rings. The van der Waals surface area contributed by atoms with Crippen LogP contribution in [0.25, 0.3) is 0 Å². The minimum absolute atomic E-state index is 0.0294. The van der Waals surface area contributed by atoms with E-state index in [1.54, 1.807) is 0 Å². The van der Waals surface area contributed by atoms with Crippen LogP contribution in [0.2, 0.25) is 0 Å². The van der Waals surface area contributed by atoms with Crippen LogP contribution in [0, 0.1) is 0 Å². The average Bonchev–Trinajstić information content (AvgIpc) is 1.32. The van der Waals surface area contributed by atoms with Gasteiger partial charge in [-0.1, -0.05) is 191 Å². The summed E-state index contributed by atoms with van der Waals surface area (Å²) in [5.41, 5.74) is -21.6. The molecule has 101 heavy (non-hydrogen) atoms. The van der Waals surface area contributed by atoms with Crippen molar-refractivity contribution in [3.63, 3.8) is 0 Å². The van der Waals surface area contributed by atoms with Gasteiger partial charge in [0.2, 0.25) is 0 Å². The summed E-state index contributed by atoms with van der Waals surface area (Å²) in [6.07, 6.45) is -54.8. The van der Waals surface area contributed by atoms with Crippen molar-refractivity contribution in [1.82, 2.24) is 10.6 Å². The Morgan fingerprint density at radius 3 is 0.663 bits per heavy atom. The minimum atomic E-state index is -6.13. The Morgan fingerprint density at radius 2 is 0.465 bits per heavy atom. The molecule has 0 spiro atoms. The molecule has 0 saturated heterocycles. The summed E-state index contributed by atoms with van der Waals surface area (Å²) in [6, 6.07) is 41.6. The van der Waals surface area contributed by atoms with Gasteiger partial charge in [0.1, 0.15) is 6.15 Å². The van der Waals surface area contributed by atoms with Crippen molar-refractivity contribution in [2.24, 2.45) is 0 Å². The van der Waals surface area contributed by atoms with E-state index in [0.717, 1.165) is 22.8 Å². The smallest absolute Gasteiger partial charge is 0.263 e. The van der Waals surface area contributed by atoms with Gasteiger partial charge in [0.25, 0.3) is 11.7 Å². The van der Waals surface area contributed by atoms with Gasteiger partial charge in [-0.2, -0.15) is 127 Å². The second-order valence-electron chi connectivity index (χ2n) is 25.2. The Bertz CT molecular complexity index is 3970. The molecule has 11 rings (SSSR count). The van der Waals surface area contributed by atoms with Gasteiger partial charge in [-0.15, -0.1) is 0 Å². The normalized spacial score (nSPS) is 17.3. The van der Waals surface area contributed by atoms with E-state index < -0.39 is 195 Å². The lowest BCUT2D eigenvalue weighted by Crippen LogP contribution is -2.75. The Labute approximate surface area is 559 Å². The van der Waals surface area contributed by atoms with Crippen LogP contribution in [0.3, 0.4) is 0 Å². The van der Waals surface area contributed by atoms with E-state index in [1.165, 1.54) is 27.8 Å².